The van der Waals surface area contributed by atoms with E-state index in [4.69, 9.17) is 10.2 Å². The Hall–Kier alpha value is -2.40. The number of fused-ring (bicyclic) bond motifs is 1. The first-order valence-corrected chi connectivity index (χ1v) is 8.27. The Labute approximate surface area is 140 Å². The molecule has 2 N–H and O–H groups in total. The zero-order chi connectivity index (χ0) is 16.6. The Morgan fingerprint density at radius 2 is 1.83 bits per heavy atom. The standard InChI is InChI=1S/C19H20FN3O/c20-15-7-4-8-16-17(15)22-18(24-16)23-11-9-19(13-21,10-12-23)14-5-2-1-3-6-14/h1-8H,9-13,21H2. The topological polar surface area (TPSA) is 55.3 Å². The number of rotatable bonds is 3. The van der Waals surface area contributed by atoms with Crippen molar-refractivity contribution in [3.8, 4) is 0 Å². The SMILES string of the molecule is NCC1(c2ccccc2)CCN(c2nc3c(F)cccc3o2)CC1. The lowest BCUT2D eigenvalue weighted by Gasteiger charge is -2.41. The third kappa shape index (κ3) is 2.45. The number of nitrogens with zero attached hydrogens (tertiary/aromatic N) is 2. The van der Waals surface area contributed by atoms with Crippen molar-refractivity contribution in [2.24, 2.45) is 5.73 Å². The number of aromatic nitrogens is 1. The van der Waals surface area contributed by atoms with E-state index in [9.17, 15) is 4.39 Å². The Kier molecular flexibility index (Phi) is 3.73. The number of benzene rings is 2. The zero-order valence-corrected chi connectivity index (χ0v) is 13.4. The van der Waals surface area contributed by atoms with Crippen LogP contribution in [0.4, 0.5) is 10.4 Å². The molecule has 24 heavy (non-hydrogen) atoms. The summed E-state index contributed by atoms with van der Waals surface area (Å²) in [6.45, 7) is 2.20. The Morgan fingerprint density at radius 3 is 2.50 bits per heavy atom. The Bertz CT molecular complexity index is 838. The second-order valence-corrected chi connectivity index (χ2v) is 6.42. The summed E-state index contributed by atoms with van der Waals surface area (Å²) in [5.41, 5.74) is 8.20. The van der Waals surface area contributed by atoms with Crippen molar-refractivity contribution < 1.29 is 8.81 Å². The summed E-state index contributed by atoms with van der Waals surface area (Å²) in [5, 5.41) is 0. The summed E-state index contributed by atoms with van der Waals surface area (Å²) in [4.78, 5) is 6.41. The summed E-state index contributed by atoms with van der Waals surface area (Å²) < 4.78 is 19.5. The van der Waals surface area contributed by atoms with E-state index >= 15 is 0 Å². The van der Waals surface area contributed by atoms with Gasteiger partial charge in [0.1, 0.15) is 5.52 Å². The summed E-state index contributed by atoms with van der Waals surface area (Å²) in [7, 11) is 0. The zero-order valence-electron chi connectivity index (χ0n) is 13.4. The number of anilines is 1. The van der Waals surface area contributed by atoms with Gasteiger partial charge in [0.05, 0.1) is 0 Å². The van der Waals surface area contributed by atoms with Gasteiger partial charge in [0.15, 0.2) is 11.4 Å². The third-order valence-electron chi connectivity index (χ3n) is 5.13. The molecule has 0 amide bonds. The van der Waals surface area contributed by atoms with Crippen molar-refractivity contribution in [1.82, 2.24) is 4.98 Å². The molecular formula is C19H20FN3O. The number of para-hydroxylation sites is 1. The van der Waals surface area contributed by atoms with Gasteiger partial charge in [-0.15, -0.1) is 0 Å². The molecule has 2 aromatic carbocycles. The van der Waals surface area contributed by atoms with Gasteiger partial charge in [-0.3, -0.25) is 0 Å². The van der Waals surface area contributed by atoms with E-state index in [-0.39, 0.29) is 11.2 Å². The van der Waals surface area contributed by atoms with Crippen LogP contribution < -0.4 is 10.6 Å². The molecule has 4 nitrogen and oxygen atoms in total. The van der Waals surface area contributed by atoms with Gasteiger partial charge >= 0.3 is 0 Å². The predicted octanol–water partition coefficient (Wildman–Crippen LogP) is 3.46. The van der Waals surface area contributed by atoms with Gasteiger partial charge in [-0.1, -0.05) is 36.4 Å². The van der Waals surface area contributed by atoms with Crippen LogP contribution in [0.2, 0.25) is 0 Å². The van der Waals surface area contributed by atoms with Crippen LogP contribution in [0, 0.1) is 5.82 Å². The van der Waals surface area contributed by atoms with Crippen molar-refractivity contribution in [3.05, 3.63) is 59.9 Å². The molecule has 124 valence electrons. The molecule has 0 radical (unpaired) electrons. The minimum absolute atomic E-state index is 0.00494. The highest BCUT2D eigenvalue weighted by Crippen LogP contribution is 2.36. The van der Waals surface area contributed by atoms with Gasteiger partial charge < -0.3 is 15.1 Å². The Morgan fingerprint density at radius 1 is 1.08 bits per heavy atom. The van der Waals surface area contributed by atoms with Crippen molar-refractivity contribution in [1.29, 1.82) is 0 Å². The van der Waals surface area contributed by atoms with Crippen LogP contribution in [-0.2, 0) is 5.41 Å². The fourth-order valence-corrected chi connectivity index (χ4v) is 3.57. The lowest BCUT2D eigenvalue weighted by Crippen LogP contribution is -2.47. The van der Waals surface area contributed by atoms with Gasteiger partial charge in [-0.25, -0.2) is 4.39 Å². The molecule has 1 fully saturated rings. The predicted molar refractivity (Wildman–Crippen MR) is 92.6 cm³/mol. The highest BCUT2D eigenvalue weighted by atomic mass is 19.1. The van der Waals surface area contributed by atoms with Crippen LogP contribution in [0.1, 0.15) is 18.4 Å². The summed E-state index contributed by atoms with van der Waals surface area (Å²) in [5.74, 6) is -0.347. The molecule has 1 aliphatic heterocycles. The van der Waals surface area contributed by atoms with Crippen LogP contribution in [0.25, 0.3) is 11.1 Å². The minimum atomic E-state index is -0.347. The first-order chi connectivity index (χ1) is 11.7. The van der Waals surface area contributed by atoms with Crippen LogP contribution in [0.5, 0.6) is 0 Å². The van der Waals surface area contributed by atoms with Crippen LogP contribution in [0.15, 0.2) is 52.9 Å². The van der Waals surface area contributed by atoms with E-state index in [1.807, 2.05) is 6.07 Å². The number of piperidine rings is 1. The number of oxazole rings is 1. The lowest BCUT2D eigenvalue weighted by molar-refractivity contribution is 0.331. The normalized spacial score (nSPS) is 17.3. The first kappa shape index (κ1) is 15.1. The van der Waals surface area contributed by atoms with Crippen molar-refractivity contribution >= 4 is 17.1 Å². The highest BCUT2D eigenvalue weighted by Gasteiger charge is 2.36. The van der Waals surface area contributed by atoms with E-state index in [2.05, 4.69) is 34.1 Å². The molecule has 3 aromatic rings. The average molecular weight is 325 g/mol. The molecule has 1 aliphatic rings. The van der Waals surface area contributed by atoms with E-state index in [0.717, 1.165) is 25.9 Å². The van der Waals surface area contributed by atoms with Gasteiger partial charge in [0.2, 0.25) is 0 Å². The maximum Gasteiger partial charge on any atom is 0.298 e. The molecule has 1 aromatic heterocycles. The molecule has 0 aliphatic carbocycles. The summed E-state index contributed by atoms with van der Waals surface area (Å²) >= 11 is 0. The monoisotopic (exact) mass is 325 g/mol. The molecule has 0 bridgehead atoms. The number of hydrogen-bond acceptors (Lipinski definition) is 4. The van der Waals surface area contributed by atoms with Crippen molar-refractivity contribution in [2.45, 2.75) is 18.3 Å². The van der Waals surface area contributed by atoms with Crippen molar-refractivity contribution in [2.75, 3.05) is 24.5 Å². The average Bonchev–Trinajstić information content (AvgIpc) is 3.08. The largest absolute Gasteiger partial charge is 0.423 e. The van der Waals surface area contributed by atoms with E-state index < -0.39 is 0 Å². The smallest absolute Gasteiger partial charge is 0.298 e. The second-order valence-electron chi connectivity index (χ2n) is 6.42. The van der Waals surface area contributed by atoms with Gasteiger partial charge in [0.25, 0.3) is 6.01 Å². The van der Waals surface area contributed by atoms with E-state index in [0.29, 0.717) is 23.7 Å². The highest BCUT2D eigenvalue weighted by molar-refractivity contribution is 5.75. The minimum Gasteiger partial charge on any atom is -0.423 e. The molecule has 4 rings (SSSR count). The molecule has 5 heteroatoms. The van der Waals surface area contributed by atoms with Gasteiger partial charge in [-0.2, -0.15) is 4.98 Å². The number of hydrogen-bond donors (Lipinski definition) is 1. The molecule has 1 saturated heterocycles. The molecule has 2 heterocycles. The summed E-state index contributed by atoms with van der Waals surface area (Å²) in [6, 6.07) is 15.7. The van der Waals surface area contributed by atoms with Crippen molar-refractivity contribution in [3.63, 3.8) is 0 Å². The van der Waals surface area contributed by atoms with Gasteiger partial charge in [-0.05, 0) is 30.5 Å². The number of nitrogens with two attached hydrogens (primary N) is 1. The van der Waals surface area contributed by atoms with E-state index in [1.165, 1.54) is 11.6 Å². The fourth-order valence-electron chi connectivity index (χ4n) is 3.57. The van der Waals surface area contributed by atoms with Crippen LogP contribution in [-0.4, -0.2) is 24.6 Å². The summed E-state index contributed by atoms with van der Waals surface area (Å²) in [6.07, 6.45) is 1.85. The van der Waals surface area contributed by atoms with Crippen LogP contribution in [0.3, 0.4) is 0 Å². The maximum absolute atomic E-state index is 13.8. The second kappa shape index (κ2) is 5.91. The lowest BCUT2D eigenvalue weighted by atomic mass is 9.73. The number of halogens is 1. The third-order valence-corrected chi connectivity index (χ3v) is 5.13. The van der Waals surface area contributed by atoms with Crippen LogP contribution >= 0.6 is 0 Å². The molecular weight excluding hydrogens is 305 g/mol. The quantitative estimate of drug-likeness (QED) is 0.801. The molecule has 0 saturated carbocycles. The Balaban J connectivity index is 1.57. The maximum atomic E-state index is 13.8. The van der Waals surface area contributed by atoms with E-state index in [1.54, 1.807) is 12.1 Å². The molecule has 0 unspecified atom stereocenters. The first-order valence-electron chi connectivity index (χ1n) is 8.27. The fraction of sp³-hybridized carbons (Fsp3) is 0.316. The molecule has 0 atom stereocenters. The molecule has 0 spiro atoms. The van der Waals surface area contributed by atoms with Gasteiger partial charge in [0, 0.05) is 25.0 Å².